The molecule has 1 fully saturated rings. The Morgan fingerprint density at radius 1 is 1.29 bits per heavy atom. The first kappa shape index (κ1) is 20.6. The number of imidazole rings is 1. The SMILES string of the molecule is CC[C@H]1COC(=O)N1c1nc(C)nc(N[C@@H](C)c2cn(-c3ccccc3OC)cn2)n1. The minimum Gasteiger partial charge on any atom is -0.495 e. The van der Waals surface area contributed by atoms with Crippen molar-refractivity contribution in [2.24, 2.45) is 0 Å². The van der Waals surface area contributed by atoms with E-state index in [1.165, 1.54) is 4.90 Å². The Kier molecular flexibility index (Phi) is 5.70. The van der Waals surface area contributed by atoms with Gasteiger partial charge in [0.25, 0.3) is 0 Å². The van der Waals surface area contributed by atoms with E-state index in [-0.39, 0.29) is 18.0 Å². The van der Waals surface area contributed by atoms with Crippen LogP contribution in [0.25, 0.3) is 5.69 Å². The highest BCUT2D eigenvalue weighted by molar-refractivity contribution is 5.88. The number of ether oxygens (including phenoxy) is 2. The second-order valence-electron chi connectivity index (χ2n) is 7.26. The van der Waals surface area contributed by atoms with E-state index in [0.29, 0.717) is 18.4 Å². The minimum atomic E-state index is -0.438. The van der Waals surface area contributed by atoms with Gasteiger partial charge in [0, 0.05) is 6.20 Å². The zero-order valence-electron chi connectivity index (χ0n) is 17.9. The van der Waals surface area contributed by atoms with Gasteiger partial charge in [-0.2, -0.15) is 15.0 Å². The van der Waals surface area contributed by atoms with Gasteiger partial charge in [0.1, 0.15) is 18.2 Å². The molecule has 0 spiro atoms. The number of amides is 1. The predicted octanol–water partition coefficient (Wildman–Crippen LogP) is 3.28. The number of hydrogen-bond acceptors (Lipinski definition) is 8. The van der Waals surface area contributed by atoms with Crippen molar-refractivity contribution in [1.82, 2.24) is 24.5 Å². The van der Waals surface area contributed by atoms with Crippen molar-refractivity contribution in [2.75, 3.05) is 23.9 Å². The topological polar surface area (TPSA) is 107 Å². The van der Waals surface area contributed by atoms with Crippen molar-refractivity contribution in [1.29, 1.82) is 0 Å². The number of nitrogens with zero attached hydrogens (tertiary/aromatic N) is 6. The van der Waals surface area contributed by atoms with E-state index in [2.05, 4.69) is 25.3 Å². The Bertz CT molecular complexity index is 1080. The molecule has 2 aromatic heterocycles. The fourth-order valence-corrected chi connectivity index (χ4v) is 3.45. The van der Waals surface area contributed by atoms with Gasteiger partial charge in [0.05, 0.1) is 36.9 Å². The summed E-state index contributed by atoms with van der Waals surface area (Å²) < 4.78 is 12.5. The number of carbonyl (C=O) groups is 1. The monoisotopic (exact) mass is 423 g/mol. The normalized spacial score (nSPS) is 16.8. The Morgan fingerprint density at radius 3 is 2.87 bits per heavy atom. The smallest absolute Gasteiger partial charge is 0.417 e. The highest BCUT2D eigenvalue weighted by Gasteiger charge is 2.35. The van der Waals surface area contributed by atoms with Gasteiger partial charge in [-0.05, 0) is 32.4 Å². The molecule has 1 N–H and O–H groups in total. The van der Waals surface area contributed by atoms with Gasteiger partial charge in [-0.15, -0.1) is 0 Å². The van der Waals surface area contributed by atoms with E-state index in [0.717, 1.165) is 23.6 Å². The Balaban J connectivity index is 1.56. The van der Waals surface area contributed by atoms with E-state index >= 15 is 0 Å². The molecule has 1 aliphatic rings. The lowest BCUT2D eigenvalue weighted by atomic mass is 10.2. The molecule has 2 atom stereocenters. The Hall–Kier alpha value is -3.69. The van der Waals surface area contributed by atoms with Crippen LogP contribution in [0.5, 0.6) is 5.75 Å². The summed E-state index contributed by atoms with van der Waals surface area (Å²) in [7, 11) is 1.64. The molecule has 0 bridgehead atoms. The quantitative estimate of drug-likeness (QED) is 0.617. The van der Waals surface area contributed by atoms with Crippen molar-refractivity contribution in [3.63, 3.8) is 0 Å². The maximum Gasteiger partial charge on any atom is 0.417 e. The van der Waals surface area contributed by atoms with Crippen LogP contribution in [0.3, 0.4) is 0 Å². The number of methoxy groups -OCH3 is 1. The van der Waals surface area contributed by atoms with Crippen molar-refractivity contribution >= 4 is 18.0 Å². The molecule has 0 saturated carbocycles. The van der Waals surface area contributed by atoms with Crippen LogP contribution in [0, 0.1) is 6.92 Å². The van der Waals surface area contributed by atoms with Gasteiger partial charge in [-0.25, -0.2) is 14.7 Å². The van der Waals surface area contributed by atoms with Crippen LogP contribution in [0.4, 0.5) is 16.7 Å². The van der Waals surface area contributed by atoms with E-state index in [9.17, 15) is 4.79 Å². The average Bonchev–Trinajstić information content (AvgIpc) is 3.40. The molecule has 0 unspecified atom stereocenters. The predicted molar refractivity (Wildman–Crippen MR) is 115 cm³/mol. The van der Waals surface area contributed by atoms with E-state index in [4.69, 9.17) is 9.47 Å². The summed E-state index contributed by atoms with van der Waals surface area (Å²) in [6.45, 7) is 6.05. The summed E-state index contributed by atoms with van der Waals surface area (Å²) in [6, 6.07) is 7.46. The van der Waals surface area contributed by atoms with E-state index in [1.54, 1.807) is 20.4 Å². The third kappa shape index (κ3) is 4.14. The second kappa shape index (κ2) is 8.58. The number of rotatable bonds is 7. The summed E-state index contributed by atoms with van der Waals surface area (Å²) in [5, 5.41) is 3.26. The Labute approximate surface area is 180 Å². The van der Waals surface area contributed by atoms with Gasteiger partial charge in [-0.3, -0.25) is 0 Å². The molecule has 4 rings (SSSR count). The van der Waals surface area contributed by atoms with Crippen molar-refractivity contribution < 1.29 is 14.3 Å². The zero-order valence-corrected chi connectivity index (χ0v) is 17.9. The molecular formula is C21H25N7O3. The van der Waals surface area contributed by atoms with Crippen molar-refractivity contribution in [2.45, 2.75) is 39.3 Å². The van der Waals surface area contributed by atoms with Gasteiger partial charge >= 0.3 is 6.09 Å². The molecular weight excluding hydrogens is 398 g/mol. The fraction of sp³-hybridized carbons (Fsp3) is 0.381. The molecule has 0 radical (unpaired) electrons. The number of benzene rings is 1. The number of hydrogen-bond donors (Lipinski definition) is 1. The highest BCUT2D eigenvalue weighted by Crippen LogP contribution is 2.25. The van der Waals surface area contributed by atoms with Crippen LogP contribution in [0.1, 0.15) is 37.8 Å². The van der Waals surface area contributed by atoms with Crippen LogP contribution in [0.2, 0.25) is 0 Å². The summed E-state index contributed by atoms with van der Waals surface area (Å²) >= 11 is 0. The first-order valence-corrected chi connectivity index (χ1v) is 10.1. The van der Waals surface area contributed by atoms with Crippen molar-refractivity contribution in [3.8, 4) is 11.4 Å². The average molecular weight is 423 g/mol. The highest BCUT2D eigenvalue weighted by atomic mass is 16.6. The first-order chi connectivity index (χ1) is 15.0. The fourth-order valence-electron chi connectivity index (χ4n) is 3.45. The second-order valence-corrected chi connectivity index (χ2v) is 7.26. The number of aryl methyl sites for hydroxylation is 1. The molecule has 10 nitrogen and oxygen atoms in total. The number of carbonyl (C=O) groups excluding carboxylic acids is 1. The summed E-state index contributed by atoms with van der Waals surface area (Å²) in [4.78, 5) is 31.3. The van der Waals surface area contributed by atoms with Crippen LogP contribution in [0.15, 0.2) is 36.8 Å². The molecule has 1 saturated heterocycles. The molecule has 162 valence electrons. The van der Waals surface area contributed by atoms with E-state index < -0.39 is 6.09 Å². The Morgan fingerprint density at radius 2 is 2.10 bits per heavy atom. The molecule has 1 amide bonds. The molecule has 10 heteroatoms. The number of nitrogens with one attached hydrogen (secondary N) is 1. The molecule has 3 heterocycles. The molecule has 1 aromatic carbocycles. The van der Waals surface area contributed by atoms with Gasteiger partial charge in [-0.1, -0.05) is 19.1 Å². The lowest BCUT2D eigenvalue weighted by Crippen LogP contribution is -2.34. The van der Waals surface area contributed by atoms with Crippen LogP contribution >= 0.6 is 0 Å². The lowest BCUT2D eigenvalue weighted by Gasteiger charge is -2.19. The van der Waals surface area contributed by atoms with Gasteiger partial charge in [0.15, 0.2) is 0 Å². The molecule has 0 aliphatic carbocycles. The number of anilines is 2. The van der Waals surface area contributed by atoms with E-state index in [1.807, 2.05) is 48.9 Å². The van der Waals surface area contributed by atoms with Gasteiger partial charge in [0.2, 0.25) is 11.9 Å². The van der Waals surface area contributed by atoms with Crippen molar-refractivity contribution in [3.05, 3.63) is 48.3 Å². The summed E-state index contributed by atoms with van der Waals surface area (Å²) in [6.07, 6.45) is 3.97. The minimum absolute atomic E-state index is 0.0869. The largest absolute Gasteiger partial charge is 0.495 e. The first-order valence-electron chi connectivity index (χ1n) is 10.1. The molecule has 3 aromatic rings. The third-order valence-corrected chi connectivity index (χ3v) is 5.14. The summed E-state index contributed by atoms with van der Waals surface area (Å²) in [5.74, 6) is 1.93. The van der Waals surface area contributed by atoms with Crippen LogP contribution in [-0.4, -0.2) is 50.4 Å². The summed E-state index contributed by atoms with van der Waals surface area (Å²) in [5.41, 5.74) is 1.70. The molecule has 1 aliphatic heterocycles. The number of aromatic nitrogens is 5. The number of cyclic esters (lactones) is 1. The maximum absolute atomic E-state index is 12.2. The molecule has 31 heavy (non-hydrogen) atoms. The third-order valence-electron chi connectivity index (χ3n) is 5.14. The lowest BCUT2D eigenvalue weighted by molar-refractivity contribution is 0.178. The van der Waals surface area contributed by atoms with Crippen LogP contribution < -0.4 is 15.0 Å². The number of para-hydroxylation sites is 2. The standard InChI is InChI=1S/C21H25N7O3/c1-5-15-11-31-21(29)28(15)20-25-14(3)24-19(26-20)23-13(2)16-10-27(12-22-16)17-8-6-7-9-18(17)30-4/h6-10,12-13,15H,5,11H2,1-4H3,(H,23,24,25,26)/t13-,15-/m0/s1. The zero-order chi connectivity index (χ0) is 22.0. The maximum atomic E-state index is 12.2. The van der Waals surface area contributed by atoms with Crippen LogP contribution in [-0.2, 0) is 4.74 Å². The van der Waals surface area contributed by atoms with Gasteiger partial charge < -0.3 is 19.4 Å².